The Balaban J connectivity index is 2.72. The highest BCUT2D eigenvalue weighted by Gasteiger charge is 2.20. The van der Waals surface area contributed by atoms with Crippen molar-refractivity contribution in [2.45, 2.75) is 33.4 Å². The molecule has 90 valence electrons. The molecule has 0 bridgehead atoms. The Morgan fingerprint density at radius 2 is 1.56 bits per heavy atom. The second kappa shape index (κ2) is 7.01. The van der Waals surface area contributed by atoms with E-state index in [0.29, 0.717) is 18.9 Å². The Bertz CT molecular complexity index is 291. The van der Waals surface area contributed by atoms with Crippen LogP contribution in [0.25, 0.3) is 0 Å². The van der Waals surface area contributed by atoms with Crippen LogP contribution in [0.1, 0.15) is 37.6 Å². The van der Waals surface area contributed by atoms with E-state index in [1.54, 1.807) is 0 Å². The number of aryl methyl sites for hydroxylation is 1. The molecule has 0 heterocycles. The summed E-state index contributed by atoms with van der Waals surface area (Å²) in [5, 5.41) is 0. The largest absolute Gasteiger partial charge is 0.334 e. The smallest absolute Gasteiger partial charge is 0.178 e. The van der Waals surface area contributed by atoms with E-state index in [1.165, 1.54) is 11.1 Å². The zero-order valence-corrected chi connectivity index (χ0v) is 11.5. The van der Waals surface area contributed by atoms with Gasteiger partial charge in [0, 0.05) is 0 Å². The SMILES string of the molecule is CCOP(OCC)C(C)c1ccc(C)cc1. The molecule has 2 nitrogen and oxygen atoms in total. The summed E-state index contributed by atoms with van der Waals surface area (Å²) in [6, 6.07) is 8.59. The van der Waals surface area contributed by atoms with Crippen molar-refractivity contribution in [3.05, 3.63) is 35.4 Å². The highest BCUT2D eigenvalue weighted by molar-refractivity contribution is 7.47. The molecule has 1 aromatic carbocycles. The Hall–Kier alpha value is -0.430. The highest BCUT2D eigenvalue weighted by Crippen LogP contribution is 2.52. The minimum atomic E-state index is -0.808. The standard InChI is InChI=1S/C13H21O2P/c1-5-14-16(15-6-2)12(4)13-9-7-11(3)8-10-13/h7-10,12H,5-6H2,1-4H3. The first-order valence-corrected chi connectivity index (χ1v) is 7.05. The quantitative estimate of drug-likeness (QED) is 0.684. The number of rotatable bonds is 6. The molecule has 1 rings (SSSR count). The molecule has 0 aromatic heterocycles. The molecule has 0 aliphatic heterocycles. The van der Waals surface area contributed by atoms with Crippen LogP contribution in [-0.2, 0) is 9.05 Å². The molecule has 16 heavy (non-hydrogen) atoms. The van der Waals surface area contributed by atoms with E-state index in [4.69, 9.17) is 9.05 Å². The van der Waals surface area contributed by atoms with Crippen LogP contribution in [0.4, 0.5) is 0 Å². The van der Waals surface area contributed by atoms with Gasteiger partial charge < -0.3 is 9.05 Å². The Morgan fingerprint density at radius 3 is 2.00 bits per heavy atom. The van der Waals surface area contributed by atoms with Crippen molar-refractivity contribution in [3.63, 3.8) is 0 Å². The maximum Gasteiger partial charge on any atom is 0.178 e. The van der Waals surface area contributed by atoms with Crippen molar-refractivity contribution < 1.29 is 9.05 Å². The molecule has 0 radical (unpaired) electrons. The van der Waals surface area contributed by atoms with Crippen LogP contribution in [0.3, 0.4) is 0 Å². The molecule has 1 atom stereocenters. The van der Waals surface area contributed by atoms with Gasteiger partial charge in [-0.15, -0.1) is 0 Å². The molecule has 0 fully saturated rings. The van der Waals surface area contributed by atoms with Gasteiger partial charge in [-0.2, -0.15) is 0 Å². The van der Waals surface area contributed by atoms with E-state index in [0.717, 1.165) is 0 Å². The van der Waals surface area contributed by atoms with Crippen molar-refractivity contribution >= 4 is 8.38 Å². The minimum Gasteiger partial charge on any atom is -0.334 e. The Labute approximate surface area is 99.9 Å². The molecular weight excluding hydrogens is 219 g/mol. The van der Waals surface area contributed by atoms with Gasteiger partial charge in [-0.3, -0.25) is 0 Å². The first-order valence-electron chi connectivity index (χ1n) is 5.80. The van der Waals surface area contributed by atoms with Crippen LogP contribution in [0.5, 0.6) is 0 Å². The molecule has 0 aliphatic carbocycles. The fourth-order valence-electron chi connectivity index (χ4n) is 1.48. The predicted molar refractivity (Wildman–Crippen MR) is 69.8 cm³/mol. The molecule has 0 amide bonds. The van der Waals surface area contributed by atoms with Crippen molar-refractivity contribution in [2.24, 2.45) is 0 Å². The van der Waals surface area contributed by atoms with Gasteiger partial charge in [0.05, 0.1) is 18.9 Å². The van der Waals surface area contributed by atoms with Gasteiger partial charge in [0.2, 0.25) is 0 Å². The molecule has 1 aromatic rings. The van der Waals surface area contributed by atoms with Crippen LogP contribution in [0.2, 0.25) is 0 Å². The number of hydrogen-bond donors (Lipinski definition) is 0. The summed E-state index contributed by atoms with van der Waals surface area (Å²) in [5.74, 6) is 0. The molecule has 0 aliphatic rings. The monoisotopic (exact) mass is 240 g/mol. The molecule has 0 saturated carbocycles. The molecular formula is C13H21O2P. The van der Waals surface area contributed by atoms with Crippen LogP contribution in [0, 0.1) is 6.92 Å². The van der Waals surface area contributed by atoms with Crippen LogP contribution >= 0.6 is 8.38 Å². The first kappa shape index (κ1) is 13.6. The summed E-state index contributed by atoms with van der Waals surface area (Å²) in [4.78, 5) is 0. The summed E-state index contributed by atoms with van der Waals surface area (Å²) >= 11 is 0. The lowest BCUT2D eigenvalue weighted by Crippen LogP contribution is -1.99. The topological polar surface area (TPSA) is 18.5 Å². The van der Waals surface area contributed by atoms with Crippen LogP contribution < -0.4 is 0 Å². The normalized spacial score (nSPS) is 13.1. The van der Waals surface area contributed by atoms with Crippen LogP contribution in [0.15, 0.2) is 24.3 Å². The number of benzene rings is 1. The molecule has 0 saturated heterocycles. The third-order valence-corrected chi connectivity index (χ3v) is 4.34. The van der Waals surface area contributed by atoms with Gasteiger partial charge in [0.25, 0.3) is 0 Å². The van der Waals surface area contributed by atoms with E-state index < -0.39 is 8.38 Å². The third kappa shape index (κ3) is 3.86. The summed E-state index contributed by atoms with van der Waals surface area (Å²) in [6.45, 7) is 9.71. The van der Waals surface area contributed by atoms with Crippen LogP contribution in [-0.4, -0.2) is 13.2 Å². The summed E-state index contributed by atoms with van der Waals surface area (Å²) in [6.07, 6.45) is 0. The van der Waals surface area contributed by atoms with Gasteiger partial charge in [-0.05, 0) is 33.3 Å². The number of hydrogen-bond acceptors (Lipinski definition) is 2. The van der Waals surface area contributed by atoms with Crippen molar-refractivity contribution in [3.8, 4) is 0 Å². The lowest BCUT2D eigenvalue weighted by atomic mass is 10.1. The molecule has 0 N–H and O–H groups in total. The van der Waals surface area contributed by atoms with Gasteiger partial charge in [-0.25, -0.2) is 0 Å². The second-order valence-electron chi connectivity index (χ2n) is 3.71. The van der Waals surface area contributed by atoms with E-state index >= 15 is 0 Å². The first-order chi connectivity index (χ1) is 7.69. The second-order valence-corrected chi connectivity index (χ2v) is 5.57. The predicted octanol–water partition coefficient (Wildman–Crippen LogP) is 4.44. The van der Waals surface area contributed by atoms with Gasteiger partial charge in [0.15, 0.2) is 8.38 Å². The van der Waals surface area contributed by atoms with Crippen molar-refractivity contribution in [2.75, 3.05) is 13.2 Å². The van der Waals surface area contributed by atoms with E-state index in [1.807, 2.05) is 13.8 Å². The summed E-state index contributed by atoms with van der Waals surface area (Å²) < 4.78 is 11.3. The van der Waals surface area contributed by atoms with E-state index in [-0.39, 0.29) is 0 Å². The lowest BCUT2D eigenvalue weighted by molar-refractivity contribution is 0.263. The van der Waals surface area contributed by atoms with Crippen molar-refractivity contribution in [1.29, 1.82) is 0 Å². The highest BCUT2D eigenvalue weighted by atomic mass is 31.2. The average molecular weight is 240 g/mol. The van der Waals surface area contributed by atoms with Gasteiger partial charge in [0.1, 0.15) is 0 Å². The summed E-state index contributed by atoms with van der Waals surface area (Å²) in [7, 11) is -0.808. The fourth-order valence-corrected chi connectivity index (χ4v) is 2.93. The molecule has 3 heteroatoms. The third-order valence-electron chi connectivity index (χ3n) is 2.39. The maximum absolute atomic E-state index is 5.67. The molecule has 1 unspecified atom stereocenters. The fraction of sp³-hybridized carbons (Fsp3) is 0.538. The zero-order chi connectivity index (χ0) is 12.0. The van der Waals surface area contributed by atoms with Gasteiger partial charge in [-0.1, -0.05) is 29.8 Å². The molecule has 0 spiro atoms. The Kier molecular flexibility index (Phi) is 5.97. The minimum absolute atomic E-state index is 0.329. The Morgan fingerprint density at radius 1 is 1.06 bits per heavy atom. The van der Waals surface area contributed by atoms with Crippen molar-refractivity contribution in [1.82, 2.24) is 0 Å². The van der Waals surface area contributed by atoms with Gasteiger partial charge >= 0.3 is 0 Å². The lowest BCUT2D eigenvalue weighted by Gasteiger charge is -2.22. The van der Waals surface area contributed by atoms with E-state index in [2.05, 4.69) is 38.1 Å². The summed E-state index contributed by atoms with van der Waals surface area (Å²) in [5.41, 5.74) is 2.90. The zero-order valence-electron chi connectivity index (χ0n) is 10.6. The average Bonchev–Trinajstić information content (AvgIpc) is 2.29. The van der Waals surface area contributed by atoms with E-state index in [9.17, 15) is 0 Å². The maximum atomic E-state index is 5.67.